The fourth-order valence-corrected chi connectivity index (χ4v) is 3.92. The maximum absolute atomic E-state index is 13.2. The van der Waals surface area contributed by atoms with E-state index in [4.69, 9.17) is 0 Å². The van der Waals surface area contributed by atoms with Crippen molar-refractivity contribution in [1.82, 2.24) is 18.7 Å². The number of aryl methyl sites for hydroxylation is 1. The Morgan fingerprint density at radius 2 is 1.79 bits per heavy atom. The number of aromatic nitrogens is 4. The molecule has 8 heteroatoms. The number of nitrogens with zero attached hydrogens (tertiary/aromatic N) is 4. The van der Waals surface area contributed by atoms with Gasteiger partial charge in [0.25, 0.3) is 5.56 Å². The zero-order valence-electron chi connectivity index (χ0n) is 15.3. The number of fused-ring (bicyclic) bond motifs is 2. The minimum Gasteiger partial charge on any atom is -0.305 e. The van der Waals surface area contributed by atoms with Crippen molar-refractivity contribution in [3.63, 3.8) is 0 Å². The van der Waals surface area contributed by atoms with Crippen LogP contribution in [0.1, 0.15) is 12.5 Å². The van der Waals surface area contributed by atoms with Crippen molar-refractivity contribution in [3.05, 3.63) is 73.6 Å². The normalized spacial score (nSPS) is 11.4. The smallest absolute Gasteiger partial charge is 0.305 e. The highest BCUT2D eigenvalue weighted by Crippen LogP contribution is 2.20. The average molecular weight is 441 g/mol. The molecule has 2 aromatic heterocycles. The number of hydrogen-bond donors (Lipinski definition) is 0. The van der Waals surface area contributed by atoms with E-state index in [0.29, 0.717) is 4.73 Å². The zero-order valence-corrected chi connectivity index (χ0v) is 16.9. The van der Waals surface area contributed by atoms with Gasteiger partial charge in [0.05, 0.1) is 13.1 Å². The Balaban J connectivity index is 1.98. The first-order valence-corrected chi connectivity index (χ1v) is 9.49. The third kappa shape index (κ3) is 2.90. The van der Waals surface area contributed by atoms with Crippen molar-refractivity contribution >= 4 is 43.6 Å². The molecule has 0 radical (unpaired) electrons. The predicted molar refractivity (Wildman–Crippen MR) is 111 cm³/mol. The summed E-state index contributed by atoms with van der Waals surface area (Å²) in [6.45, 7) is 1.57. The molecule has 0 N–H and O–H groups in total. The number of ketones is 1. The Morgan fingerprint density at radius 1 is 1.07 bits per heavy atom. The molecule has 0 unspecified atom stereocenters. The van der Waals surface area contributed by atoms with Crippen LogP contribution in [0, 0.1) is 0 Å². The number of hydrogen-bond acceptors (Lipinski definition) is 4. The molecule has 0 aliphatic rings. The summed E-state index contributed by atoms with van der Waals surface area (Å²) in [4.78, 5) is 42.0. The quantitative estimate of drug-likeness (QED) is 0.456. The second kappa shape index (κ2) is 6.87. The van der Waals surface area contributed by atoms with Crippen LogP contribution in [0.5, 0.6) is 0 Å². The number of rotatable bonds is 4. The summed E-state index contributed by atoms with van der Waals surface area (Å²) in [6, 6.07) is 13.6. The van der Waals surface area contributed by atoms with Gasteiger partial charge in [-0.25, -0.2) is 9.78 Å². The summed E-state index contributed by atoms with van der Waals surface area (Å²) in [5.74, 6) is -0.117. The highest BCUT2D eigenvalue weighted by atomic mass is 79.9. The minimum atomic E-state index is -0.467. The number of carbonyl (C=O) groups is 1. The van der Waals surface area contributed by atoms with E-state index in [1.54, 1.807) is 7.05 Å². The van der Waals surface area contributed by atoms with Crippen LogP contribution in [0.3, 0.4) is 0 Å². The number of imidazole rings is 1. The van der Waals surface area contributed by atoms with Gasteiger partial charge in [-0.05, 0) is 39.2 Å². The standard InChI is InChI=1S/C20H17BrN4O3/c1-12(26)10-24-16-17(22-19(24)21)23(2)20(28)25(18(16)27)11-14-8-5-7-13-6-3-4-9-15(13)14/h3-9H,10-11H2,1-2H3. The predicted octanol–water partition coefficient (Wildman–Crippen LogP) is 2.45. The molecule has 0 saturated heterocycles. The molecular formula is C20H17BrN4O3. The van der Waals surface area contributed by atoms with Crippen molar-refractivity contribution in [2.24, 2.45) is 7.05 Å². The number of halogens is 1. The summed E-state index contributed by atoms with van der Waals surface area (Å²) in [6.07, 6.45) is 0. The first-order valence-electron chi connectivity index (χ1n) is 8.70. The van der Waals surface area contributed by atoms with Gasteiger partial charge in [-0.2, -0.15) is 0 Å². The SMILES string of the molecule is CC(=O)Cn1c(Br)nc2c1c(=O)n(Cc1cccc3ccccc13)c(=O)n2C. The maximum atomic E-state index is 13.2. The van der Waals surface area contributed by atoms with E-state index in [0.717, 1.165) is 16.3 Å². The largest absolute Gasteiger partial charge is 0.332 e. The molecule has 4 aromatic rings. The molecular weight excluding hydrogens is 424 g/mol. The Morgan fingerprint density at radius 3 is 2.54 bits per heavy atom. The van der Waals surface area contributed by atoms with E-state index < -0.39 is 11.2 Å². The number of Topliss-reactive ketones (excluding diaryl/α,β-unsaturated/α-hetero) is 1. The first kappa shape index (κ1) is 18.4. The van der Waals surface area contributed by atoms with E-state index in [2.05, 4.69) is 20.9 Å². The number of carbonyl (C=O) groups excluding carboxylic acids is 1. The van der Waals surface area contributed by atoms with Crippen molar-refractivity contribution in [2.45, 2.75) is 20.0 Å². The van der Waals surface area contributed by atoms with Gasteiger partial charge in [0, 0.05) is 7.05 Å². The van der Waals surface area contributed by atoms with Crippen molar-refractivity contribution in [3.8, 4) is 0 Å². The molecule has 142 valence electrons. The third-order valence-electron chi connectivity index (χ3n) is 4.78. The summed E-state index contributed by atoms with van der Waals surface area (Å²) in [5, 5.41) is 2.02. The van der Waals surface area contributed by atoms with Gasteiger partial charge in [-0.1, -0.05) is 42.5 Å². The molecule has 0 amide bonds. The van der Waals surface area contributed by atoms with Crippen LogP contribution >= 0.6 is 15.9 Å². The lowest BCUT2D eigenvalue weighted by atomic mass is 10.0. The van der Waals surface area contributed by atoms with Crippen LogP contribution in [0.4, 0.5) is 0 Å². The fourth-order valence-electron chi connectivity index (χ4n) is 3.45. The molecule has 0 aliphatic carbocycles. The van der Waals surface area contributed by atoms with E-state index in [1.165, 1.54) is 20.6 Å². The second-order valence-corrected chi connectivity index (χ2v) is 7.42. The average Bonchev–Trinajstić information content (AvgIpc) is 2.99. The topological polar surface area (TPSA) is 78.9 Å². The van der Waals surface area contributed by atoms with Crippen molar-refractivity contribution < 1.29 is 4.79 Å². The molecule has 0 atom stereocenters. The lowest BCUT2D eigenvalue weighted by molar-refractivity contribution is -0.117. The first-order chi connectivity index (χ1) is 13.4. The van der Waals surface area contributed by atoms with Gasteiger partial charge in [-0.15, -0.1) is 0 Å². The molecule has 4 rings (SSSR count). The van der Waals surface area contributed by atoms with Gasteiger partial charge in [-0.3, -0.25) is 18.7 Å². The second-order valence-electron chi connectivity index (χ2n) is 6.71. The van der Waals surface area contributed by atoms with E-state index in [1.807, 2.05) is 42.5 Å². The molecule has 7 nitrogen and oxygen atoms in total. The lowest BCUT2D eigenvalue weighted by Crippen LogP contribution is -2.40. The van der Waals surface area contributed by atoms with E-state index >= 15 is 0 Å². The highest BCUT2D eigenvalue weighted by Gasteiger charge is 2.20. The van der Waals surface area contributed by atoms with Crippen LogP contribution in [-0.4, -0.2) is 24.5 Å². The van der Waals surface area contributed by atoms with Gasteiger partial charge < -0.3 is 4.57 Å². The van der Waals surface area contributed by atoms with E-state index in [-0.39, 0.29) is 30.0 Å². The highest BCUT2D eigenvalue weighted by molar-refractivity contribution is 9.10. The molecule has 0 bridgehead atoms. The molecule has 2 aromatic carbocycles. The molecule has 0 aliphatic heterocycles. The van der Waals surface area contributed by atoms with Gasteiger partial charge >= 0.3 is 5.69 Å². The van der Waals surface area contributed by atoms with Crippen molar-refractivity contribution in [1.29, 1.82) is 0 Å². The number of benzene rings is 2. The summed E-state index contributed by atoms with van der Waals surface area (Å²) in [7, 11) is 1.57. The lowest BCUT2D eigenvalue weighted by Gasteiger charge is -2.11. The van der Waals surface area contributed by atoms with Gasteiger partial charge in [0.2, 0.25) is 0 Å². The molecule has 2 heterocycles. The van der Waals surface area contributed by atoms with Crippen LogP contribution in [0.15, 0.2) is 56.8 Å². The zero-order chi connectivity index (χ0) is 20.0. The minimum absolute atomic E-state index is 0.00120. The summed E-state index contributed by atoms with van der Waals surface area (Å²) in [5.41, 5.74) is 0.422. The van der Waals surface area contributed by atoms with Gasteiger partial charge in [0.15, 0.2) is 15.9 Å². The van der Waals surface area contributed by atoms with Crippen LogP contribution in [0.2, 0.25) is 0 Å². The maximum Gasteiger partial charge on any atom is 0.332 e. The Bertz CT molecular complexity index is 1360. The molecule has 0 spiro atoms. The fraction of sp³-hybridized carbons (Fsp3) is 0.200. The molecule has 28 heavy (non-hydrogen) atoms. The van der Waals surface area contributed by atoms with Gasteiger partial charge in [0.1, 0.15) is 5.78 Å². The monoisotopic (exact) mass is 440 g/mol. The Kier molecular flexibility index (Phi) is 4.50. The molecule has 0 saturated carbocycles. The van der Waals surface area contributed by atoms with Crippen LogP contribution in [0.25, 0.3) is 21.9 Å². The Labute approximate surface area is 168 Å². The third-order valence-corrected chi connectivity index (χ3v) is 5.38. The summed E-state index contributed by atoms with van der Waals surface area (Å²) < 4.78 is 4.37. The molecule has 0 fully saturated rings. The van der Waals surface area contributed by atoms with Crippen LogP contribution in [-0.2, 0) is 24.9 Å². The van der Waals surface area contributed by atoms with Crippen LogP contribution < -0.4 is 11.2 Å². The summed E-state index contributed by atoms with van der Waals surface area (Å²) >= 11 is 3.29. The van der Waals surface area contributed by atoms with Crippen molar-refractivity contribution in [2.75, 3.05) is 0 Å². The van der Waals surface area contributed by atoms with E-state index in [9.17, 15) is 14.4 Å². The Hall–Kier alpha value is -3.00.